The molecule has 8 nitrogen and oxygen atoms in total. The molecule has 2 aromatic rings. The van der Waals surface area contributed by atoms with Crippen molar-refractivity contribution in [1.29, 1.82) is 0 Å². The summed E-state index contributed by atoms with van der Waals surface area (Å²) in [4.78, 5) is 14.1. The van der Waals surface area contributed by atoms with Gasteiger partial charge in [0.15, 0.2) is 5.76 Å². The molecule has 9 heteroatoms. The van der Waals surface area contributed by atoms with Gasteiger partial charge in [-0.25, -0.2) is 8.42 Å². The molecule has 148 valence electrons. The number of aromatic nitrogens is 1. The molecule has 0 radical (unpaired) electrons. The van der Waals surface area contributed by atoms with Gasteiger partial charge in [-0.05, 0) is 44.5 Å². The Hall–Kier alpha value is -2.39. The van der Waals surface area contributed by atoms with Crippen molar-refractivity contribution in [3.05, 3.63) is 41.3 Å². The molecule has 2 rings (SSSR count). The molecule has 27 heavy (non-hydrogen) atoms. The highest BCUT2D eigenvalue weighted by molar-refractivity contribution is 7.89. The number of hydrazine groups is 1. The van der Waals surface area contributed by atoms with Crippen LogP contribution in [0.2, 0.25) is 0 Å². The largest absolute Gasteiger partial charge is 0.494 e. The lowest BCUT2D eigenvalue weighted by Gasteiger charge is -2.09. The number of aryl methyl sites for hydroxylation is 2. The number of unbranched alkanes of at least 4 members (excludes halogenated alkanes) is 3. The Bertz CT molecular complexity index is 840. The number of ether oxygens (including phenoxy) is 1. The number of sulfonamides is 1. The summed E-state index contributed by atoms with van der Waals surface area (Å²) in [6.45, 7) is 5.77. The number of rotatable bonds is 10. The fourth-order valence-electron chi connectivity index (χ4n) is 2.52. The van der Waals surface area contributed by atoms with Crippen molar-refractivity contribution in [3.8, 4) is 5.75 Å². The van der Waals surface area contributed by atoms with Gasteiger partial charge in [-0.2, -0.15) is 0 Å². The molecule has 0 unspecified atom stereocenters. The van der Waals surface area contributed by atoms with Crippen molar-refractivity contribution in [2.75, 3.05) is 6.61 Å². The summed E-state index contributed by atoms with van der Waals surface area (Å²) in [7, 11) is -3.97. The van der Waals surface area contributed by atoms with Gasteiger partial charge in [-0.15, -0.1) is 4.83 Å². The summed E-state index contributed by atoms with van der Waals surface area (Å²) in [6.07, 6.45) is 4.47. The fraction of sp³-hybridized carbons (Fsp3) is 0.444. The maximum absolute atomic E-state index is 12.3. The summed E-state index contributed by atoms with van der Waals surface area (Å²) in [5.41, 5.74) is 2.70. The summed E-state index contributed by atoms with van der Waals surface area (Å²) < 4.78 is 35.0. The first-order valence-corrected chi connectivity index (χ1v) is 10.3. The van der Waals surface area contributed by atoms with Gasteiger partial charge in [0, 0.05) is 5.56 Å². The first-order valence-electron chi connectivity index (χ1n) is 8.83. The molecule has 0 atom stereocenters. The maximum Gasteiger partial charge on any atom is 0.266 e. The molecule has 0 spiro atoms. The minimum absolute atomic E-state index is 0.0883. The van der Waals surface area contributed by atoms with Crippen molar-refractivity contribution in [2.24, 2.45) is 0 Å². The Labute approximate surface area is 159 Å². The average molecular weight is 395 g/mol. The zero-order valence-corrected chi connectivity index (χ0v) is 16.6. The topological polar surface area (TPSA) is 111 Å². The van der Waals surface area contributed by atoms with E-state index in [1.807, 2.05) is 0 Å². The number of amides is 1. The molecule has 1 amide bonds. The van der Waals surface area contributed by atoms with Crippen molar-refractivity contribution in [1.82, 2.24) is 15.4 Å². The quantitative estimate of drug-likeness (QED) is 0.473. The molecule has 2 N–H and O–H groups in total. The zero-order valence-electron chi connectivity index (χ0n) is 15.7. The van der Waals surface area contributed by atoms with E-state index >= 15 is 0 Å². The highest BCUT2D eigenvalue weighted by Crippen LogP contribution is 2.18. The number of benzene rings is 1. The molecular weight excluding hydrogens is 370 g/mol. The summed E-state index contributed by atoms with van der Waals surface area (Å²) in [5, 5.41) is 3.60. The van der Waals surface area contributed by atoms with Gasteiger partial charge < -0.3 is 9.26 Å². The average Bonchev–Trinajstić information content (AvgIpc) is 2.99. The third-order valence-corrected chi connectivity index (χ3v) is 5.41. The molecule has 0 aliphatic rings. The standard InChI is InChI=1S/C18H25N3O5S/c1-4-5-6-7-12-25-16-10-8-15(9-11-16)18(22)19-21-27(23,24)17-13(2)20-26-14(17)3/h8-11,21H,4-7,12H2,1-3H3,(H,19,22). The maximum atomic E-state index is 12.3. The Balaban J connectivity index is 1.89. The number of hydrogen-bond acceptors (Lipinski definition) is 6. The molecular formula is C18H25N3O5S. The van der Waals surface area contributed by atoms with Crippen LogP contribution < -0.4 is 15.0 Å². The van der Waals surface area contributed by atoms with E-state index in [-0.39, 0.29) is 16.3 Å². The predicted octanol–water partition coefficient (Wildman–Crippen LogP) is 2.87. The lowest BCUT2D eigenvalue weighted by atomic mass is 10.2. The molecule has 1 aromatic carbocycles. The van der Waals surface area contributed by atoms with Gasteiger partial charge >= 0.3 is 0 Å². The van der Waals surface area contributed by atoms with Crippen molar-refractivity contribution in [2.45, 2.75) is 51.3 Å². The number of nitrogens with zero attached hydrogens (tertiary/aromatic N) is 1. The lowest BCUT2D eigenvalue weighted by molar-refractivity contribution is 0.0945. The Morgan fingerprint density at radius 2 is 1.85 bits per heavy atom. The molecule has 0 saturated carbocycles. The minimum Gasteiger partial charge on any atom is -0.494 e. The van der Waals surface area contributed by atoms with Crippen molar-refractivity contribution in [3.63, 3.8) is 0 Å². The van der Waals surface area contributed by atoms with Crippen LogP contribution in [0.25, 0.3) is 0 Å². The van der Waals surface area contributed by atoms with E-state index in [1.165, 1.54) is 26.7 Å². The minimum atomic E-state index is -3.97. The SMILES string of the molecule is CCCCCCOc1ccc(C(=O)NNS(=O)(=O)c2c(C)noc2C)cc1. The van der Waals surface area contributed by atoms with Crippen molar-refractivity contribution < 1.29 is 22.5 Å². The first-order chi connectivity index (χ1) is 12.8. The van der Waals surface area contributed by atoms with Crippen LogP contribution in [0.5, 0.6) is 5.75 Å². The second-order valence-electron chi connectivity index (χ2n) is 6.15. The van der Waals surface area contributed by atoms with Crippen molar-refractivity contribution >= 4 is 15.9 Å². The van der Waals surface area contributed by atoms with Gasteiger partial charge in [0.2, 0.25) is 0 Å². The van der Waals surface area contributed by atoms with Gasteiger partial charge in [0.05, 0.1) is 6.61 Å². The van der Waals surface area contributed by atoms with Crippen LogP contribution in [0.1, 0.15) is 54.4 Å². The summed E-state index contributed by atoms with van der Waals surface area (Å²) >= 11 is 0. The summed E-state index contributed by atoms with van der Waals surface area (Å²) in [5.74, 6) is 0.230. The number of nitrogens with one attached hydrogen (secondary N) is 2. The summed E-state index contributed by atoms with van der Waals surface area (Å²) in [6, 6.07) is 6.50. The van der Waals surface area contributed by atoms with E-state index in [0.717, 1.165) is 12.8 Å². The first kappa shape index (κ1) is 20.9. The highest BCUT2D eigenvalue weighted by atomic mass is 32.2. The van der Waals surface area contributed by atoms with Crippen LogP contribution in [-0.2, 0) is 10.0 Å². The highest BCUT2D eigenvalue weighted by Gasteiger charge is 2.24. The van der Waals surface area contributed by atoms with Crippen LogP contribution in [0, 0.1) is 13.8 Å². The molecule has 0 aliphatic heterocycles. The number of carbonyl (C=O) groups is 1. The van der Waals surface area contributed by atoms with Gasteiger partial charge in [-0.3, -0.25) is 10.2 Å². The van der Waals surface area contributed by atoms with E-state index < -0.39 is 15.9 Å². The van der Waals surface area contributed by atoms with E-state index in [1.54, 1.807) is 24.3 Å². The molecule has 0 fully saturated rings. The molecule has 0 saturated heterocycles. The van der Waals surface area contributed by atoms with Gasteiger partial charge in [-0.1, -0.05) is 31.3 Å². The van der Waals surface area contributed by atoms with Gasteiger partial charge in [0.25, 0.3) is 15.9 Å². The fourth-order valence-corrected chi connectivity index (χ4v) is 3.69. The van der Waals surface area contributed by atoms with Crippen LogP contribution in [-0.4, -0.2) is 26.1 Å². The number of hydrogen-bond donors (Lipinski definition) is 2. The molecule has 1 aromatic heterocycles. The number of carbonyl (C=O) groups excluding carboxylic acids is 1. The van der Waals surface area contributed by atoms with Crippen LogP contribution >= 0.6 is 0 Å². The second kappa shape index (κ2) is 9.52. The normalized spacial score (nSPS) is 11.4. The Kier molecular flexibility index (Phi) is 7.37. The molecule has 1 heterocycles. The van der Waals surface area contributed by atoms with Crippen LogP contribution in [0.4, 0.5) is 0 Å². The lowest BCUT2D eigenvalue weighted by Crippen LogP contribution is -2.41. The predicted molar refractivity (Wildman–Crippen MR) is 99.8 cm³/mol. The third kappa shape index (κ3) is 5.80. The smallest absolute Gasteiger partial charge is 0.266 e. The Morgan fingerprint density at radius 1 is 1.15 bits per heavy atom. The van der Waals surface area contributed by atoms with Gasteiger partial charge in [0.1, 0.15) is 16.3 Å². The molecule has 0 bridgehead atoms. The molecule has 0 aliphatic carbocycles. The third-order valence-electron chi connectivity index (χ3n) is 3.92. The Morgan fingerprint density at radius 3 is 2.44 bits per heavy atom. The van der Waals surface area contributed by atoms with E-state index in [2.05, 4.69) is 22.3 Å². The van der Waals surface area contributed by atoms with E-state index in [4.69, 9.17) is 9.26 Å². The van der Waals surface area contributed by atoms with E-state index in [9.17, 15) is 13.2 Å². The van der Waals surface area contributed by atoms with Crippen LogP contribution in [0.15, 0.2) is 33.7 Å². The zero-order chi connectivity index (χ0) is 19.9. The van der Waals surface area contributed by atoms with E-state index in [0.29, 0.717) is 17.9 Å². The second-order valence-corrected chi connectivity index (χ2v) is 7.77. The monoisotopic (exact) mass is 395 g/mol. The van der Waals surface area contributed by atoms with Crippen LogP contribution in [0.3, 0.4) is 0 Å².